The van der Waals surface area contributed by atoms with Gasteiger partial charge in [-0.25, -0.2) is 0 Å². The molecule has 0 aliphatic heterocycles. The average Bonchev–Trinajstić information content (AvgIpc) is 2.66. The Morgan fingerprint density at radius 1 is 1.04 bits per heavy atom. The number of hydrogen-bond donors (Lipinski definition) is 2. The Morgan fingerprint density at radius 3 is 2.12 bits per heavy atom. The van der Waals surface area contributed by atoms with Gasteiger partial charge in [0.1, 0.15) is 6.29 Å². The van der Waals surface area contributed by atoms with E-state index in [9.17, 15) is 4.79 Å². The van der Waals surface area contributed by atoms with E-state index in [1.54, 1.807) is 6.08 Å². The van der Waals surface area contributed by atoms with Crippen molar-refractivity contribution in [2.24, 2.45) is 0 Å². The number of carbonyl (C=O) groups is 1. The lowest BCUT2D eigenvalue weighted by molar-refractivity contribution is -0.109. The van der Waals surface area contributed by atoms with Gasteiger partial charge in [-0.3, -0.25) is 0 Å². The first-order valence-electron chi connectivity index (χ1n) is 9.45. The zero-order valence-electron chi connectivity index (χ0n) is 17.5. The molecule has 1 atom stereocenters. The second-order valence-electron chi connectivity index (χ2n) is 5.37. The number of hydrogen-bond acceptors (Lipinski definition) is 3. The van der Waals surface area contributed by atoms with Crippen molar-refractivity contribution >= 4 is 6.29 Å². The highest BCUT2D eigenvalue weighted by molar-refractivity contribution is 5.59. The SMILES string of the molecule is C=C/C=C(\C=C/C)CCC(C=O)NC(/C=C\C)=C(/C=C\C)CNC.CC. The monoisotopic (exact) mass is 358 g/mol. The van der Waals surface area contributed by atoms with Gasteiger partial charge < -0.3 is 15.4 Å². The summed E-state index contributed by atoms with van der Waals surface area (Å²) >= 11 is 0. The summed E-state index contributed by atoms with van der Waals surface area (Å²) in [6.45, 7) is 14.4. The number of aldehydes is 1. The van der Waals surface area contributed by atoms with Crippen molar-refractivity contribution in [2.75, 3.05) is 13.6 Å². The predicted molar refractivity (Wildman–Crippen MR) is 117 cm³/mol. The first-order chi connectivity index (χ1) is 12.7. The normalized spacial score (nSPS) is 14.2. The number of likely N-dealkylation sites (N-methyl/N-ethyl adjacent to an activating group) is 1. The van der Waals surface area contributed by atoms with Crippen molar-refractivity contribution in [1.82, 2.24) is 10.6 Å². The van der Waals surface area contributed by atoms with E-state index < -0.39 is 0 Å². The van der Waals surface area contributed by atoms with Gasteiger partial charge in [-0.05, 0) is 57.9 Å². The highest BCUT2D eigenvalue weighted by Gasteiger charge is 2.10. The van der Waals surface area contributed by atoms with Gasteiger partial charge in [0.15, 0.2) is 0 Å². The number of allylic oxidation sites excluding steroid dienone is 8. The van der Waals surface area contributed by atoms with Gasteiger partial charge in [-0.15, -0.1) is 0 Å². The summed E-state index contributed by atoms with van der Waals surface area (Å²) in [6, 6.07) is -0.230. The average molecular weight is 359 g/mol. The Bertz CT molecular complexity index is 522. The lowest BCUT2D eigenvalue weighted by atomic mass is 10.0. The summed E-state index contributed by atoms with van der Waals surface area (Å²) < 4.78 is 0. The molecule has 0 saturated heterocycles. The molecule has 0 fully saturated rings. The van der Waals surface area contributed by atoms with E-state index in [4.69, 9.17) is 0 Å². The third-order valence-electron chi connectivity index (χ3n) is 3.38. The maximum absolute atomic E-state index is 11.5. The van der Waals surface area contributed by atoms with Crippen LogP contribution in [0.25, 0.3) is 0 Å². The molecule has 0 spiro atoms. The fraction of sp³-hybridized carbons (Fsp3) is 0.435. The minimum Gasteiger partial charge on any atom is -0.375 e. The molecule has 1 unspecified atom stereocenters. The minimum atomic E-state index is -0.230. The molecule has 0 aromatic carbocycles. The zero-order chi connectivity index (χ0) is 20.2. The van der Waals surface area contributed by atoms with Crippen LogP contribution in [-0.2, 0) is 4.79 Å². The Kier molecular flexibility index (Phi) is 19.3. The quantitative estimate of drug-likeness (QED) is 0.369. The molecule has 3 nitrogen and oxygen atoms in total. The molecule has 26 heavy (non-hydrogen) atoms. The summed E-state index contributed by atoms with van der Waals surface area (Å²) in [5.41, 5.74) is 3.27. The summed E-state index contributed by atoms with van der Waals surface area (Å²) in [7, 11) is 1.91. The fourth-order valence-corrected chi connectivity index (χ4v) is 2.33. The molecule has 0 rings (SSSR count). The predicted octanol–water partition coefficient (Wildman–Crippen LogP) is 5.26. The minimum absolute atomic E-state index is 0.230. The highest BCUT2D eigenvalue weighted by Crippen LogP contribution is 2.12. The molecule has 2 N–H and O–H groups in total. The third kappa shape index (κ3) is 12.3. The molecule has 0 aliphatic rings. The molecule has 146 valence electrons. The summed E-state index contributed by atoms with van der Waals surface area (Å²) in [4.78, 5) is 11.5. The topological polar surface area (TPSA) is 41.1 Å². The Balaban J connectivity index is 0. The van der Waals surface area contributed by atoms with Crippen molar-refractivity contribution in [3.8, 4) is 0 Å². The molecule has 0 bridgehead atoms. The zero-order valence-corrected chi connectivity index (χ0v) is 17.5. The lowest BCUT2D eigenvalue weighted by Crippen LogP contribution is -2.31. The van der Waals surface area contributed by atoms with Crippen LogP contribution in [0.4, 0.5) is 0 Å². The molecule has 0 radical (unpaired) electrons. The Morgan fingerprint density at radius 2 is 1.65 bits per heavy atom. The van der Waals surface area contributed by atoms with E-state index in [1.807, 2.05) is 72.0 Å². The van der Waals surface area contributed by atoms with Crippen molar-refractivity contribution in [1.29, 1.82) is 0 Å². The highest BCUT2D eigenvalue weighted by atomic mass is 16.1. The first kappa shape index (κ1) is 26.1. The fourth-order valence-electron chi connectivity index (χ4n) is 2.33. The third-order valence-corrected chi connectivity index (χ3v) is 3.38. The van der Waals surface area contributed by atoms with Crippen LogP contribution in [0, 0.1) is 0 Å². The van der Waals surface area contributed by atoms with Crippen LogP contribution in [0.5, 0.6) is 0 Å². The van der Waals surface area contributed by atoms with E-state index in [1.165, 1.54) is 5.57 Å². The van der Waals surface area contributed by atoms with Crippen molar-refractivity contribution in [3.63, 3.8) is 0 Å². The van der Waals surface area contributed by atoms with Crippen LogP contribution >= 0.6 is 0 Å². The summed E-state index contributed by atoms with van der Waals surface area (Å²) in [5.74, 6) is 0. The molecule has 3 heteroatoms. The van der Waals surface area contributed by atoms with Crippen molar-refractivity contribution in [2.45, 2.75) is 53.5 Å². The van der Waals surface area contributed by atoms with Crippen LogP contribution < -0.4 is 10.6 Å². The Labute approximate surface area is 161 Å². The number of rotatable bonds is 12. The van der Waals surface area contributed by atoms with Crippen LogP contribution in [0.3, 0.4) is 0 Å². The van der Waals surface area contributed by atoms with E-state index >= 15 is 0 Å². The van der Waals surface area contributed by atoms with Crippen molar-refractivity contribution < 1.29 is 4.79 Å². The van der Waals surface area contributed by atoms with Crippen molar-refractivity contribution in [3.05, 3.63) is 72.0 Å². The molecule has 0 aromatic rings. The molecular weight excluding hydrogens is 320 g/mol. The van der Waals surface area contributed by atoms with E-state index in [0.717, 1.165) is 36.9 Å². The van der Waals surface area contributed by atoms with Gasteiger partial charge >= 0.3 is 0 Å². The maximum Gasteiger partial charge on any atom is 0.142 e. The molecule has 0 aromatic heterocycles. The smallest absolute Gasteiger partial charge is 0.142 e. The Hall–Kier alpha value is -2.13. The van der Waals surface area contributed by atoms with Crippen LogP contribution in [0.1, 0.15) is 47.5 Å². The van der Waals surface area contributed by atoms with E-state index in [2.05, 4.69) is 29.4 Å². The van der Waals surface area contributed by atoms with Gasteiger partial charge in [0.2, 0.25) is 0 Å². The molecule has 0 aliphatic carbocycles. The van der Waals surface area contributed by atoms with Gasteiger partial charge in [-0.2, -0.15) is 0 Å². The number of carbonyl (C=O) groups excluding carboxylic acids is 1. The standard InChI is InChI=1S/C21H32N2O.C2H6/c1-6-10-18(11-7-2)14-15-20(17-24)23-21(13-9-4)19(12-8-3)16-22-5;1-2/h6-13,17,20,22-23H,1,14-16H2,2-5H3;1-2H3/b11-7-,12-8-,13-9-,18-10+,21-19-;. The largest absolute Gasteiger partial charge is 0.375 e. The van der Waals surface area contributed by atoms with E-state index in [-0.39, 0.29) is 6.04 Å². The summed E-state index contributed by atoms with van der Waals surface area (Å²) in [5, 5.41) is 6.54. The number of nitrogens with one attached hydrogen (secondary N) is 2. The molecule has 0 amide bonds. The first-order valence-corrected chi connectivity index (χ1v) is 9.45. The van der Waals surface area contributed by atoms with Gasteiger partial charge in [-0.1, -0.05) is 63.0 Å². The molecule has 0 saturated carbocycles. The van der Waals surface area contributed by atoms with E-state index in [0.29, 0.717) is 0 Å². The summed E-state index contributed by atoms with van der Waals surface area (Å²) in [6.07, 6.45) is 18.4. The lowest BCUT2D eigenvalue weighted by Gasteiger charge is -2.18. The van der Waals surface area contributed by atoms with Crippen LogP contribution in [-0.4, -0.2) is 25.9 Å². The second-order valence-corrected chi connectivity index (χ2v) is 5.37. The van der Waals surface area contributed by atoms with Gasteiger partial charge in [0.25, 0.3) is 0 Å². The van der Waals surface area contributed by atoms with Crippen LogP contribution in [0.15, 0.2) is 72.0 Å². The molecule has 0 heterocycles. The van der Waals surface area contributed by atoms with Crippen LogP contribution in [0.2, 0.25) is 0 Å². The van der Waals surface area contributed by atoms with Gasteiger partial charge in [0.05, 0.1) is 6.04 Å². The van der Waals surface area contributed by atoms with Gasteiger partial charge in [0, 0.05) is 12.2 Å². The molecular formula is C23H38N2O. The second kappa shape index (κ2) is 19.2. The maximum atomic E-state index is 11.5.